The average Bonchev–Trinajstić information content (AvgIpc) is 2.34. The Morgan fingerprint density at radius 1 is 1.00 bits per heavy atom. The minimum absolute atomic E-state index is 0. The Balaban J connectivity index is 0.00000147. The van der Waals surface area contributed by atoms with Gasteiger partial charge in [-0.3, -0.25) is 0 Å². The van der Waals surface area contributed by atoms with Crippen LogP contribution in [0.2, 0.25) is 0 Å². The minimum Gasteiger partial charge on any atom is -0.744 e. The zero-order valence-corrected chi connectivity index (χ0v) is 13.1. The molecule has 0 N–H and O–H groups in total. The second-order valence-corrected chi connectivity index (χ2v) is 5.39. The Bertz CT molecular complexity index is 856. The third-order valence-electron chi connectivity index (χ3n) is 2.86. The van der Waals surface area contributed by atoms with E-state index >= 15 is 0 Å². The van der Waals surface area contributed by atoms with Crippen LogP contribution in [0.1, 0.15) is 20.7 Å². The smallest absolute Gasteiger partial charge is 0.744 e. The van der Waals surface area contributed by atoms with Gasteiger partial charge in [0.15, 0.2) is 0 Å². The third-order valence-corrected chi connectivity index (χ3v) is 3.68. The monoisotopic (exact) mass is 300 g/mol. The van der Waals surface area contributed by atoms with E-state index in [9.17, 15) is 22.6 Å². The molecule has 1 aliphatic rings. The molecule has 0 bridgehead atoms. The summed E-state index contributed by atoms with van der Waals surface area (Å²) in [5, 5.41) is 0.630. The molecule has 6 nitrogen and oxygen atoms in total. The molecule has 0 fully saturated rings. The van der Waals surface area contributed by atoms with Crippen LogP contribution in [0.4, 0.5) is 0 Å². The Kier molecular flexibility index (Phi) is 3.74. The molecule has 0 amide bonds. The fourth-order valence-corrected chi connectivity index (χ4v) is 2.60. The summed E-state index contributed by atoms with van der Waals surface area (Å²) in [7, 11) is -4.70. The van der Waals surface area contributed by atoms with Gasteiger partial charge in [-0.25, -0.2) is 18.0 Å². The van der Waals surface area contributed by atoms with Crippen LogP contribution in [-0.2, 0) is 14.9 Å². The second kappa shape index (κ2) is 4.94. The fourth-order valence-electron chi connectivity index (χ4n) is 2.07. The summed E-state index contributed by atoms with van der Waals surface area (Å²) in [6.45, 7) is 0. The molecule has 0 saturated carbocycles. The topological polar surface area (TPSA) is 101 Å². The quantitative estimate of drug-likeness (QED) is 0.263. The van der Waals surface area contributed by atoms with E-state index in [4.69, 9.17) is 0 Å². The van der Waals surface area contributed by atoms with Crippen molar-refractivity contribution in [2.24, 2.45) is 0 Å². The maximum atomic E-state index is 11.6. The van der Waals surface area contributed by atoms with Crippen LogP contribution < -0.4 is 29.6 Å². The number of hydrogen-bond donors (Lipinski definition) is 0. The average molecular weight is 300 g/mol. The van der Waals surface area contributed by atoms with Crippen molar-refractivity contribution in [3.05, 3.63) is 41.5 Å². The summed E-state index contributed by atoms with van der Waals surface area (Å²) < 4.78 is 37.6. The van der Waals surface area contributed by atoms with E-state index in [1.807, 2.05) is 0 Å². The van der Waals surface area contributed by atoms with Gasteiger partial charge in [0.25, 0.3) is 0 Å². The number of rotatable bonds is 1. The van der Waals surface area contributed by atoms with Gasteiger partial charge in [-0.15, -0.1) is 0 Å². The van der Waals surface area contributed by atoms with Crippen molar-refractivity contribution in [3.63, 3.8) is 0 Å². The van der Waals surface area contributed by atoms with E-state index in [0.717, 1.165) is 12.1 Å². The fraction of sp³-hybridized carbons (Fsp3) is 0. The summed E-state index contributed by atoms with van der Waals surface area (Å²) in [5.74, 6) is -1.75. The maximum absolute atomic E-state index is 11.6. The van der Waals surface area contributed by atoms with Crippen molar-refractivity contribution in [2.45, 2.75) is 4.90 Å². The first-order valence-electron chi connectivity index (χ1n) is 5.17. The first kappa shape index (κ1) is 15.1. The molecule has 0 radical (unpaired) electrons. The molecule has 20 heavy (non-hydrogen) atoms. The summed E-state index contributed by atoms with van der Waals surface area (Å²) in [6, 6.07) is 6.56. The van der Waals surface area contributed by atoms with Crippen LogP contribution >= 0.6 is 0 Å². The SMILES string of the molecule is O=C1OC(=O)c2cc(S(=O)(=O)[O-])cc3cccc1c23.[Na+]. The standard InChI is InChI=1S/C12H6O6S.Na/c13-11-8-3-1-2-6-4-7(19(15,16)17)5-9(10(6)8)12(14)18-11;/h1-5H,(H,15,16,17);/q;+1/p-1. The molecule has 0 spiro atoms. The largest absolute Gasteiger partial charge is 1.00 e. The zero-order valence-electron chi connectivity index (χ0n) is 10.2. The zero-order chi connectivity index (χ0) is 13.8. The van der Waals surface area contributed by atoms with Crippen LogP contribution in [0.25, 0.3) is 10.8 Å². The summed E-state index contributed by atoms with van der Waals surface area (Å²) in [6.07, 6.45) is 0. The molecule has 0 aliphatic carbocycles. The van der Waals surface area contributed by atoms with E-state index in [2.05, 4.69) is 4.74 Å². The molecule has 3 rings (SSSR count). The van der Waals surface area contributed by atoms with E-state index in [1.54, 1.807) is 0 Å². The molecule has 0 atom stereocenters. The minimum atomic E-state index is -4.70. The van der Waals surface area contributed by atoms with Crippen molar-refractivity contribution in [2.75, 3.05) is 0 Å². The third kappa shape index (κ3) is 2.27. The summed E-state index contributed by atoms with van der Waals surface area (Å²) >= 11 is 0. The van der Waals surface area contributed by atoms with Crippen molar-refractivity contribution < 1.29 is 56.9 Å². The molecular formula is C12H5NaO6S. The molecule has 2 aromatic rings. The molecule has 2 aromatic carbocycles. The van der Waals surface area contributed by atoms with E-state index in [1.165, 1.54) is 18.2 Å². The number of ether oxygens (including phenoxy) is 1. The van der Waals surface area contributed by atoms with Crippen LogP contribution in [-0.4, -0.2) is 24.9 Å². The molecular weight excluding hydrogens is 295 g/mol. The normalized spacial score (nSPS) is 13.8. The van der Waals surface area contributed by atoms with Gasteiger partial charge in [0.1, 0.15) is 10.1 Å². The summed E-state index contributed by atoms with van der Waals surface area (Å²) in [4.78, 5) is 22.6. The van der Waals surface area contributed by atoms with Gasteiger partial charge in [-0.05, 0) is 23.6 Å². The van der Waals surface area contributed by atoms with Gasteiger partial charge in [0.05, 0.1) is 16.0 Å². The van der Waals surface area contributed by atoms with Gasteiger partial charge in [-0.2, -0.15) is 0 Å². The van der Waals surface area contributed by atoms with Gasteiger partial charge in [0.2, 0.25) is 0 Å². The Hall–Kier alpha value is -1.25. The van der Waals surface area contributed by atoms with Crippen LogP contribution in [0.5, 0.6) is 0 Å². The van der Waals surface area contributed by atoms with Crippen molar-refractivity contribution in [3.8, 4) is 0 Å². The second-order valence-electron chi connectivity index (χ2n) is 4.01. The van der Waals surface area contributed by atoms with E-state index in [-0.39, 0.29) is 40.7 Å². The maximum Gasteiger partial charge on any atom is 1.00 e. The molecule has 0 unspecified atom stereocenters. The number of benzene rings is 2. The number of cyclic esters (lactones) is 2. The Morgan fingerprint density at radius 3 is 2.30 bits per heavy atom. The number of esters is 2. The Labute approximate surface area is 135 Å². The van der Waals surface area contributed by atoms with Crippen LogP contribution in [0.15, 0.2) is 35.2 Å². The predicted octanol–water partition coefficient (Wildman–Crippen LogP) is -1.94. The molecule has 1 heterocycles. The molecule has 8 heteroatoms. The van der Waals surface area contributed by atoms with Crippen molar-refractivity contribution >= 4 is 32.8 Å². The molecule has 96 valence electrons. The van der Waals surface area contributed by atoms with Gasteiger partial charge in [-0.1, -0.05) is 12.1 Å². The first-order chi connectivity index (χ1) is 8.88. The number of hydrogen-bond acceptors (Lipinski definition) is 6. The van der Waals surface area contributed by atoms with Crippen molar-refractivity contribution in [1.29, 1.82) is 0 Å². The Morgan fingerprint density at radius 2 is 1.65 bits per heavy atom. The first-order valence-corrected chi connectivity index (χ1v) is 6.58. The molecule has 0 saturated heterocycles. The van der Waals surface area contributed by atoms with Crippen LogP contribution in [0.3, 0.4) is 0 Å². The van der Waals surface area contributed by atoms with Crippen molar-refractivity contribution in [1.82, 2.24) is 0 Å². The van der Waals surface area contributed by atoms with Gasteiger partial charge in [0, 0.05) is 5.39 Å². The van der Waals surface area contributed by atoms with Gasteiger partial charge < -0.3 is 9.29 Å². The summed E-state index contributed by atoms with van der Waals surface area (Å²) in [5.41, 5.74) is 0.0732. The van der Waals surface area contributed by atoms with Crippen LogP contribution in [0, 0.1) is 0 Å². The van der Waals surface area contributed by atoms with E-state index < -0.39 is 27.0 Å². The predicted molar refractivity (Wildman–Crippen MR) is 61.7 cm³/mol. The molecule has 1 aliphatic heterocycles. The van der Waals surface area contributed by atoms with E-state index in [0.29, 0.717) is 10.8 Å². The van der Waals surface area contributed by atoms with Gasteiger partial charge >= 0.3 is 41.5 Å². The molecule has 0 aromatic heterocycles. The number of carbonyl (C=O) groups excluding carboxylic acids is 2. The number of carbonyl (C=O) groups is 2.